The molecule has 0 fully saturated rings. The molecular formula is C2H8Cl2MgO3. The van der Waals surface area contributed by atoms with Gasteiger partial charge in [0.05, 0.1) is 13.2 Å². The van der Waals surface area contributed by atoms with Crippen LogP contribution in [0.5, 0.6) is 0 Å². The first-order valence-electron chi connectivity index (χ1n) is 1.13. The third kappa shape index (κ3) is 56.5. The van der Waals surface area contributed by atoms with Gasteiger partial charge in [0.1, 0.15) is 0 Å². The third-order valence-corrected chi connectivity index (χ3v) is 0.1000. The van der Waals surface area contributed by atoms with Crippen molar-refractivity contribution >= 4 is 23.1 Å². The number of rotatable bonds is 1. The Morgan fingerprint density at radius 2 is 1.00 bits per heavy atom. The predicted octanol–water partition coefficient (Wildman–Crippen LogP) is -8.23. The van der Waals surface area contributed by atoms with Crippen LogP contribution in [0.2, 0.25) is 0 Å². The molecule has 6 heteroatoms. The smallest absolute Gasteiger partial charge is 1.00 e. The largest absolute Gasteiger partial charge is 2.00 e. The summed E-state index contributed by atoms with van der Waals surface area (Å²) in [5, 5.41) is 15.2. The van der Waals surface area contributed by atoms with E-state index in [4.69, 9.17) is 10.2 Å². The summed E-state index contributed by atoms with van der Waals surface area (Å²) in [7, 11) is 0. The zero-order chi connectivity index (χ0) is 3.41. The minimum absolute atomic E-state index is 0. The first-order chi connectivity index (χ1) is 1.91. The van der Waals surface area contributed by atoms with Gasteiger partial charge in [0.25, 0.3) is 0 Å². The van der Waals surface area contributed by atoms with Gasteiger partial charge in [-0.3, -0.25) is 0 Å². The second-order valence-corrected chi connectivity index (χ2v) is 0.447. The number of hydrogen-bond donors (Lipinski definition) is 2. The van der Waals surface area contributed by atoms with Crippen molar-refractivity contribution in [2.45, 2.75) is 0 Å². The van der Waals surface area contributed by atoms with Gasteiger partial charge in [0, 0.05) is 0 Å². The summed E-state index contributed by atoms with van der Waals surface area (Å²) in [5.74, 6) is 0. The van der Waals surface area contributed by atoms with E-state index < -0.39 is 0 Å². The van der Waals surface area contributed by atoms with Crippen molar-refractivity contribution in [3.05, 3.63) is 0 Å². The minimum Gasteiger partial charge on any atom is -1.00 e. The average molecular weight is 175 g/mol. The standard InChI is InChI=1S/C2H6O2.2ClH.Mg.H2O/c3-1-2-4;;;;/h3-4H,1-2H2;2*1H;;1H2/q;;;+2;/p-2. The van der Waals surface area contributed by atoms with E-state index in [0.717, 1.165) is 0 Å². The van der Waals surface area contributed by atoms with Gasteiger partial charge in [-0.2, -0.15) is 0 Å². The van der Waals surface area contributed by atoms with Crippen molar-refractivity contribution in [2.75, 3.05) is 13.2 Å². The topological polar surface area (TPSA) is 72.0 Å². The van der Waals surface area contributed by atoms with Gasteiger partial charge >= 0.3 is 23.1 Å². The van der Waals surface area contributed by atoms with Crippen LogP contribution in [-0.2, 0) is 0 Å². The molecule has 0 aromatic rings. The normalized spacial score (nSPS) is 3.75. The van der Waals surface area contributed by atoms with Crippen LogP contribution < -0.4 is 24.8 Å². The van der Waals surface area contributed by atoms with Crippen molar-refractivity contribution in [3.8, 4) is 0 Å². The van der Waals surface area contributed by atoms with E-state index in [1.54, 1.807) is 0 Å². The molecule has 0 saturated carbocycles. The molecule has 0 heterocycles. The molecule has 0 radical (unpaired) electrons. The molecule has 0 bridgehead atoms. The van der Waals surface area contributed by atoms with Gasteiger partial charge in [0.15, 0.2) is 0 Å². The van der Waals surface area contributed by atoms with Crippen molar-refractivity contribution in [2.24, 2.45) is 0 Å². The number of hydrogen-bond acceptors (Lipinski definition) is 2. The van der Waals surface area contributed by atoms with Gasteiger partial charge in [0.2, 0.25) is 0 Å². The Balaban J connectivity index is -0.00000000750. The van der Waals surface area contributed by atoms with Crippen LogP contribution in [0.1, 0.15) is 0 Å². The van der Waals surface area contributed by atoms with E-state index in [1.807, 2.05) is 0 Å². The number of aliphatic hydroxyl groups excluding tert-OH is 2. The molecule has 0 atom stereocenters. The Labute approximate surface area is 76.7 Å². The molecule has 4 N–H and O–H groups in total. The molecule has 0 aliphatic heterocycles. The van der Waals surface area contributed by atoms with Gasteiger partial charge < -0.3 is 40.5 Å². The fourth-order valence-electron chi connectivity index (χ4n) is 0. The molecule has 0 unspecified atom stereocenters. The SMILES string of the molecule is O.OCCO.[Cl-].[Cl-].[Mg+2]. The monoisotopic (exact) mass is 174 g/mol. The van der Waals surface area contributed by atoms with Crippen LogP contribution in [0.4, 0.5) is 0 Å². The summed E-state index contributed by atoms with van der Waals surface area (Å²) in [6, 6.07) is 0. The maximum Gasteiger partial charge on any atom is 2.00 e. The summed E-state index contributed by atoms with van der Waals surface area (Å²) in [4.78, 5) is 0. The third-order valence-electron chi connectivity index (χ3n) is 0.1000. The van der Waals surface area contributed by atoms with E-state index >= 15 is 0 Å². The van der Waals surface area contributed by atoms with E-state index in [0.29, 0.717) is 0 Å². The van der Waals surface area contributed by atoms with E-state index in [1.165, 1.54) is 0 Å². The molecule has 8 heavy (non-hydrogen) atoms. The molecule has 0 amide bonds. The zero-order valence-electron chi connectivity index (χ0n) is 4.27. The molecule has 0 rings (SSSR count). The summed E-state index contributed by atoms with van der Waals surface area (Å²) in [6.45, 7) is -0.250. The fraction of sp³-hybridized carbons (Fsp3) is 1.00. The maximum absolute atomic E-state index is 7.62. The molecule has 3 nitrogen and oxygen atoms in total. The molecular weight excluding hydrogens is 167 g/mol. The maximum atomic E-state index is 7.62. The van der Waals surface area contributed by atoms with Crippen molar-refractivity contribution in [1.82, 2.24) is 0 Å². The summed E-state index contributed by atoms with van der Waals surface area (Å²) in [6.07, 6.45) is 0. The van der Waals surface area contributed by atoms with E-state index in [-0.39, 0.29) is 66.6 Å². The molecule has 0 aliphatic carbocycles. The first-order valence-corrected chi connectivity index (χ1v) is 1.13. The quantitative estimate of drug-likeness (QED) is 0.389. The van der Waals surface area contributed by atoms with Gasteiger partial charge in [-0.05, 0) is 0 Å². The minimum atomic E-state index is -0.125. The van der Waals surface area contributed by atoms with Crippen LogP contribution in [0.25, 0.3) is 0 Å². The van der Waals surface area contributed by atoms with Gasteiger partial charge in [-0.1, -0.05) is 0 Å². The zero-order valence-corrected chi connectivity index (χ0v) is 7.20. The molecule has 0 saturated heterocycles. The molecule has 0 aliphatic rings. The Morgan fingerprint density at radius 1 is 0.875 bits per heavy atom. The molecule has 0 spiro atoms. The first kappa shape index (κ1) is 35.0. The summed E-state index contributed by atoms with van der Waals surface area (Å²) in [5.41, 5.74) is 0. The Morgan fingerprint density at radius 3 is 1.00 bits per heavy atom. The molecule has 0 aromatic heterocycles. The van der Waals surface area contributed by atoms with Gasteiger partial charge in [-0.25, -0.2) is 0 Å². The predicted molar refractivity (Wildman–Crippen MR) is 23.5 cm³/mol. The van der Waals surface area contributed by atoms with Crippen LogP contribution in [-0.4, -0.2) is 52.0 Å². The fourth-order valence-corrected chi connectivity index (χ4v) is 0. The van der Waals surface area contributed by atoms with Crippen LogP contribution in [0.15, 0.2) is 0 Å². The molecule has 50 valence electrons. The summed E-state index contributed by atoms with van der Waals surface area (Å²) >= 11 is 0. The average Bonchev–Trinajstić information content (AvgIpc) is 1.37. The second kappa shape index (κ2) is 41.3. The van der Waals surface area contributed by atoms with E-state index in [2.05, 4.69) is 0 Å². The van der Waals surface area contributed by atoms with Gasteiger partial charge in [-0.15, -0.1) is 0 Å². The Bertz CT molecular complexity index is 17.2. The second-order valence-electron chi connectivity index (χ2n) is 0.447. The van der Waals surface area contributed by atoms with Crippen molar-refractivity contribution in [1.29, 1.82) is 0 Å². The van der Waals surface area contributed by atoms with Crippen LogP contribution in [0.3, 0.4) is 0 Å². The van der Waals surface area contributed by atoms with Crippen LogP contribution in [0, 0.1) is 0 Å². The molecule has 0 aromatic carbocycles. The van der Waals surface area contributed by atoms with Crippen molar-refractivity contribution < 1.29 is 40.5 Å². The van der Waals surface area contributed by atoms with Crippen LogP contribution >= 0.6 is 0 Å². The number of aliphatic hydroxyl groups is 2. The van der Waals surface area contributed by atoms with Crippen molar-refractivity contribution in [3.63, 3.8) is 0 Å². The summed E-state index contributed by atoms with van der Waals surface area (Å²) < 4.78 is 0. The number of halogens is 2. The van der Waals surface area contributed by atoms with E-state index in [9.17, 15) is 0 Å². The Kier molecular flexibility index (Phi) is 180. The Hall–Kier alpha value is 1.23.